The van der Waals surface area contributed by atoms with Crippen LogP contribution in [0, 0.1) is 0 Å². The van der Waals surface area contributed by atoms with E-state index < -0.39 is 17.8 Å². The summed E-state index contributed by atoms with van der Waals surface area (Å²) in [7, 11) is 2.72. The van der Waals surface area contributed by atoms with E-state index in [9.17, 15) is 18.7 Å². The molecule has 1 aromatic rings. The minimum atomic E-state index is -2.76. The normalized spacial score (nSPS) is 16.3. The number of halogens is 2. The highest BCUT2D eigenvalue weighted by atomic mass is 19.3. The maximum absolute atomic E-state index is 13.1. The number of aliphatic carboxylic acids is 1. The first-order valence-electron chi connectivity index (χ1n) is 5.74. The second kappa shape index (κ2) is 4.68. The van der Waals surface area contributed by atoms with Gasteiger partial charge in [-0.05, 0) is 30.5 Å². The van der Waals surface area contributed by atoms with Crippen molar-refractivity contribution in [3.8, 4) is 11.5 Å². The van der Waals surface area contributed by atoms with Crippen molar-refractivity contribution in [2.24, 2.45) is 0 Å². The van der Waals surface area contributed by atoms with Gasteiger partial charge in [0.1, 0.15) is 0 Å². The van der Waals surface area contributed by atoms with Crippen molar-refractivity contribution in [2.75, 3.05) is 14.2 Å². The fraction of sp³-hybridized carbons (Fsp3) is 0.462. The molecule has 1 aromatic carbocycles. The first-order chi connectivity index (χ1) is 8.96. The van der Waals surface area contributed by atoms with Crippen LogP contribution in [0.1, 0.15) is 30.4 Å². The van der Waals surface area contributed by atoms with E-state index in [0.29, 0.717) is 12.8 Å². The van der Waals surface area contributed by atoms with Crippen molar-refractivity contribution in [1.82, 2.24) is 0 Å². The van der Waals surface area contributed by atoms with E-state index in [4.69, 9.17) is 9.47 Å². The highest BCUT2D eigenvalue weighted by molar-refractivity contribution is 5.86. The van der Waals surface area contributed by atoms with Crippen LogP contribution in [0.3, 0.4) is 0 Å². The van der Waals surface area contributed by atoms with Crippen LogP contribution in [0.2, 0.25) is 0 Å². The summed E-state index contributed by atoms with van der Waals surface area (Å²) in [5.74, 6) is -0.654. The molecule has 0 bridgehead atoms. The van der Waals surface area contributed by atoms with Gasteiger partial charge in [-0.3, -0.25) is 4.79 Å². The molecule has 4 nitrogen and oxygen atoms in total. The fourth-order valence-electron chi connectivity index (χ4n) is 2.21. The van der Waals surface area contributed by atoms with E-state index >= 15 is 0 Å². The molecule has 1 N–H and O–H groups in total. The first-order valence-corrected chi connectivity index (χ1v) is 5.74. The monoisotopic (exact) mass is 272 g/mol. The zero-order valence-corrected chi connectivity index (χ0v) is 10.6. The Kier molecular flexibility index (Phi) is 3.34. The Bertz CT molecular complexity index is 510. The zero-order chi connectivity index (χ0) is 14.2. The summed E-state index contributed by atoms with van der Waals surface area (Å²) < 4.78 is 36.2. The van der Waals surface area contributed by atoms with Crippen molar-refractivity contribution in [3.05, 3.63) is 23.3 Å². The quantitative estimate of drug-likeness (QED) is 0.895. The fourth-order valence-corrected chi connectivity index (χ4v) is 2.21. The second-order valence-corrected chi connectivity index (χ2v) is 4.48. The van der Waals surface area contributed by atoms with Crippen molar-refractivity contribution in [3.63, 3.8) is 0 Å². The van der Waals surface area contributed by atoms with E-state index in [2.05, 4.69) is 0 Å². The number of ether oxygens (including phenoxy) is 2. The maximum Gasteiger partial charge on any atom is 0.314 e. The number of carboxylic acid groups (broad SMARTS) is 1. The Hall–Kier alpha value is -1.85. The van der Waals surface area contributed by atoms with Crippen LogP contribution in [0.25, 0.3) is 0 Å². The number of hydrogen-bond acceptors (Lipinski definition) is 3. The summed E-state index contributed by atoms with van der Waals surface area (Å²) >= 11 is 0. The molecule has 6 heteroatoms. The summed E-state index contributed by atoms with van der Waals surface area (Å²) in [6, 6.07) is 2.50. The molecule has 0 radical (unpaired) electrons. The van der Waals surface area contributed by atoms with Crippen LogP contribution < -0.4 is 9.47 Å². The number of methoxy groups -OCH3 is 2. The van der Waals surface area contributed by atoms with Crippen LogP contribution in [0.5, 0.6) is 11.5 Å². The predicted molar refractivity (Wildman–Crippen MR) is 63.1 cm³/mol. The second-order valence-electron chi connectivity index (χ2n) is 4.48. The summed E-state index contributed by atoms with van der Waals surface area (Å²) in [5, 5.41) is 9.24. The summed E-state index contributed by atoms with van der Waals surface area (Å²) in [6.45, 7) is 0. The lowest BCUT2D eigenvalue weighted by atomic mass is 9.91. The van der Waals surface area contributed by atoms with Crippen LogP contribution in [0.15, 0.2) is 12.1 Å². The van der Waals surface area contributed by atoms with Crippen molar-refractivity contribution < 1.29 is 28.2 Å². The van der Waals surface area contributed by atoms with Gasteiger partial charge < -0.3 is 14.6 Å². The molecule has 0 saturated heterocycles. The largest absolute Gasteiger partial charge is 0.493 e. The number of carboxylic acids is 1. The Morgan fingerprint density at radius 3 is 2.16 bits per heavy atom. The lowest BCUT2D eigenvalue weighted by molar-refractivity contribution is -0.140. The highest BCUT2D eigenvalue weighted by Gasteiger charge is 2.53. The van der Waals surface area contributed by atoms with E-state index in [-0.39, 0.29) is 22.6 Å². The topological polar surface area (TPSA) is 55.8 Å². The Morgan fingerprint density at radius 1 is 1.26 bits per heavy atom. The molecule has 0 aliphatic heterocycles. The third-order valence-electron chi connectivity index (χ3n) is 3.47. The van der Waals surface area contributed by atoms with Crippen LogP contribution >= 0.6 is 0 Å². The molecule has 0 heterocycles. The SMILES string of the molecule is COc1cc(C(F)F)c(C2(C(=O)O)CC2)cc1OC. The number of rotatable bonds is 5. The summed E-state index contributed by atoms with van der Waals surface area (Å²) in [5.41, 5.74) is -1.39. The molecule has 1 saturated carbocycles. The third-order valence-corrected chi connectivity index (χ3v) is 3.47. The van der Waals surface area contributed by atoms with Gasteiger partial charge in [-0.15, -0.1) is 0 Å². The summed E-state index contributed by atoms with van der Waals surface area (Å²) in [6.07, 6.45) is -2.04. The number of carbonyl (C=O) groups is 1. The molecular formula is C13H14F2O4. The van der Waals surface area contributed by atoms with E-state index in [1.54, 1.807) is 0 Å². The van der Waals surface area contributed by atoms with Gasteiger partial charge in [0.15, 0.2) is 11.5 Å². The van der Waals surface area contributed by atoms with Crippen molar-refractivity contribution >= 4 is 5.97 Å². The van der Waals surface area contributed by atoms with Gasteiger partial charge in [-0.2, -0.15) is 0 Å². The van der Waals surface area contributed by atoms with Crippen molar-refractivity contribution in [2.45, 2.75) is 24.7 Å². The average molecular weight is 272 g/mol. The standard InChI is InChI=1S/C13H14F2O4/c1-18-9-5-7(11(14)15)8(6-10(9)19-2)13(3-4-13)12(16)17/h5-6,11H,3-4H2,1-2H3,(H,16,17). The lowest BCUT2D eigenvalue weighted by Gasteiger charge is -2.18. The number of hydrogen-bond donors (Lipinski definition) is 1. The van der Waals surface area contributed by atoms with E-state index in [1.807, 2.05) is 0 Å². The average Bonchev–Trinajstić information content (AvgIpc) is 3.18. The zero-order valence-electron chi connectivity index (χ0n) is 10.6. The van der Waals surface area contributed by atoms with E-state index in [0.717, 1.165) is 6.07 Å². The molecule has 1 aliphatic rings. The predicted octanol–water partition coefficient (Wildman–Crippen LogP) is 2.76. The molecular weight excluding hydrogens is 258 g/mol. The minimum Gasteiger partial charge on any atom is -0.493 e. The molecule has 104 valence electrons. The molecule has 0 aromatic heterocycles. The van der Waals surface area contributed by atoms with Gasteiger partial charge in [-0.25, -0.2) is 8.78 Å². The Labute approximate surface area is 108 Å². The van der Waals surface area contributed by atoms with Gasteiger partial charge in [0.2, 0.25) is 0 Å². The minimum absolute atomic E-state index is 0.118. The number of benzene rings is 1. The number of alkyl halides is 2. The summed E-state index contributed by atoms with van der Waals surface area (Å²) in [4.78, 5) is 11.3. The van der Waals surface area contributed by atoms with Crippen molar-refractivity contribution in [1.29, 1.82) is 0 Å². The van der Waals surface area contributed by atoms with Gasteiger partial charge in [0.05, 0.1) is 19.6 Å². The Morgan fingerprint density at radius 2 is 1.79 bits per heavy atom. The molecule has 0 atom stereocenters. The van der Waals surface area contributed by atoms with E-state index in [1.165, 1.54) is 20.3 Å². The maximum atomic E-state index is 13.1. The highest BCUT2D eigenvalue weighted by Crippen LogP contribution is 2.53. The molecule has 1 fully saturated rings. The molecule has 0 amide bonds. The molecule has 1 aliphatic carbocycles. The van der Waals surface area contributed by atoms with Crippen LogP contribution in [0.4, 0.5) is 8.78 Å². The van der Waals surface area contributed by atoms with Gasteiger partial charge in [0, 0.05) is 5.56 Å². The Balaban J connectivity index is 2.62. The first kappa shape index (κ1) is 13.6. The van der Waals surface area contributed by atoms with Gasteiger partial charge in [0.25, 0.3) is 6.43 Å². The molecule has 0 unspecified atom stereocenters. The molecule has 19 heavy (non-hydrogen) atoms. The van der Waals surface area contributed by atoms with Crippen LogP contribution in [-0.4, -0.2) is 25.3 Å². The van der Waals surface area contributed by atoms with Crippen LogP contribution in [-0.2, 0) is 10.2 Å². The third kappa shape index (κ3) is 2.11. The van der Waals surface area contributed by atoms with Gasteiger partial charge >= 0.3 is 5.97 Å². The molecule has 0 spiro atoms. The lowest BCUT2D eigenvalue weighted by Crippen LogP contribution is -2.21. The van der Waals surface area contributed by atoms with Gasteiger partial charge in [-0.1, -0.05) is 0 Å². The molecule has 2 rings (SSSR count). The smallest absolute Gasteiger partial charge is 0.314 e.